The third kappa shape index (κ3) is 4.73. The van der Waals surface area contributed by atoms with Gasteiger partial charge in [-0.3, -0.25) is 20.5 Å². The molecule has 2 unspecified atom stereocenters. The monoisotopic (exact) mass is 382 g/mol. The average Bonchev–Trinajstić information content (AvgIpc) is 2.58. The summed E-state index contributed by atoms with van der Waals surface area (Å²) in [7, 11) is 0. The second kappa shape index (κ2) is 8.67. The van der Waals surface area contributed by atoms with Crippen molar-refractivity contribution in [2.24, 2.45) is 16.0 Å². The maximum Gasteiger partial charge on any atom is 0.272 e. The van der Waals surface area contributed by atoms with Crippen LogP contribution in [-0.4, -0.2) is 27.6 Å². The summed E-state index contributed by atoms with van der Waals surface area (Å²) >= 11 is 1.62. The molecule has 1 aliphatic heterocycles. The van der Waals surface area contributed by atoms with E-state index in [1.165, 1.54) is 19.3 Å². The summed E-state index contributed by atoms with van der Waals surface area (Å²) in [4.78, 5) is 15.6. The Kier molecular flexibility index (Phi) is 6.84. The van der Waals surface area contributed by atoms with Gasteiger partial charge in [0.15, 0.2) is 5.17 Å². The lowest BCUT2D eigenvalue weighted by Gasteiger charge is -2.26. The number of hydrogen-bond donors (Lipinski definition) is 1. The van der Waals surface area contributed by atoms with Gasteiger partial charge in [0.25, 0.3) is 5.69 Å². The highest BCUT2D eigenvalue weighted by atomic mass is 35.5. The highest BCUT2D eigenvalue weighted by Crippen LogP contribution is 2.28. The highest BCUT2D eigenvalue weighted by Gasteiger charge is 2.23. The third-order valence-corrected chi connectivity index (χ3v) is 5.61. The Bertz CT molecular complexity index is 708. The smallest absolute Gasteiger partial charge is 0.258 e. The third-order valence-electron chi connectivity index (χ3n) is 4.72. The van der Waals surface area contributed by atoms with E-state index < -0.39 is 0 Å². The molecule has 0 radical (unpaired) electrons. The van der Waals surface area contributed by atoms with Crippen LogP contribution in [0.3, 0.4) is 0 Å². The van der Waals surface area contributed by atoms with Crippen LogP contribution >= 0.6 is 24.2 Å². The van der Waals surface area contributed by atoms with E-state index in [4.69, 9.17) is 4.99 Å². The summed E-state index contributed by atoms with van der Waals surface area (Å²) in [6.45, 7) is 4.01. The molecule has 6 nitrogen and oxygen atoms in total. The van der Waals surface area contributed by atoms with Crippen molar-refractivity contribution in [3.8, 4) is 0 Å². The second-order valence-corrected chi connectivity index (χ2v) is 7.44. The van der Waals surface area contributed by atoms with Crippen LogP contribution in [0.25, 0.3) is 0 Å². The molecule has 8 heteroatoms. The molecule has 3 rings (SSSR count). The van der Waals surface area contributed by atoms with Crippen LogP contribution < -0.4 is 5.43 Å². The molecule has 2 atom stereocenters. The first-order chi connectivity index (χ1) is 11.5. The Morgan fingerprint density at radius 2 is 2.12 bits per heavy atom. The Hall–Kier alpha value is -1.60. The minimum absolute atomic E-state index is 0. The molecule has 25 heavy (non-hydrogen) atoms. The minimum Gasteiger partial charge on any atom is -0.258 e. The number of benzene rings is 1. The molecular formula is C17H23ClN4O2S. The molecule has 1 N–H and O–H groups in total. The fraction of sp³-hybridized carbons (Fsp3) is 0.529. The van der Waals surface area contributed by atoms with E-state index in [0.717, 1.165) is 22.9 Å². The predicted molar refractivity (Wildman–Crippen MR) is 106 cm³/mol. The van der Waals surface area contributed by atoms with Gasteiger partial charge in [0.2, 0.25) is 0 Å². The molecule has 1 aliphatic carbocycles. The summed E-state index contributed by atoms with van der Waals surface area (Å²) in [6.07, 6.45) is 4.94. The zero-order chi connectivity index (χ0) is 17.1. The van der Waals surface area contributed by atoms with Gasteiger partial charge in [-0.05, 0) is 25.7 Å². The Morgan fingerprint density at radius 3 is 2.76 bits per heavy atom. The highest BCUT2D eigenvalue weighted by molar-refractivity contribution is 8.14. The lowest BCUT2D eigenvalue weighted by Crippen LogP contribution is -2.29. The summed E-state index contributed by atoms with van der Waals surface area (Å²) in [5, 5.41) is 16.3. The second-order valence-electron chi connectivity index (χ2n) is 6.48. The molecule has 1 heterocycles. The quantitative estimate of drug-likeness (QED) is 0.624. The molecule has 0 saturated heterocycles. The molecule has 2 aliphatic rings. The Balaban J connectivity index is 0.00000225. The number of rotatable bonds is 3. The van der Waals surface area contributed by atoms with Gasteiger partial charge in [-0.1, -0.05) is 43.7 Å². The van der Waals surface area contributed by atoms with Crippen molar-refractivity contribution in [1.29, 1.82) is 0 Å². The first kappa shape index (κ1) is 19.7. The number of hydrogen-bond acceptors (Lipinski definition) is 5. The lowest BCUT2D eigenvalue weighted by molar-refractivity contribution is -0.385. The number of nitro benzene ring substituents is 1. The van der Waals surface area contributed by atoms with Crippen molar-refractivity contribution < 1.29 is 4.92 Å². The first-order valence-electron chi connectivity index (χ1n) is 8.33. The average molecular weight is 383 g/mol. The van der Waals surface area contributed by atoms with Gasteiger partial charge >= 0.3 is 0 Å². The van der Waals surface area contributed by atoms with Crippen LogP contribution in [0.15, 0.2) is 28.3 Å². The number of nitro groups is 1. The zero-order valence-corrected chi connectivity index (χ0v) is 16.0. The fourth-order valence-corrected chi connectivity index (χ4v) is 3.98. The van der Waals surface area contributed by atoms with E-state index in [0.29, 0.717) is 23.3 Å². The normalized spacial score (nSPS) is 24.9. The lowest BCUT2D eigenvalue weighted by atomic mass is 9.86. The molecule has 1 saturated carbocycles. The zero-order valence-electron chi connectivity index (χ0n) is 14.4. The predicted octanol–water partition coefficient (Wildman–Crippen LogP) is 4.30. The van der Waals surface area contributed by atoms with Gasteiger partial charge in [-0.2, -0.15) is 5.10 Å². The number of amidine groups is 1. The van der Waals surface area contributed by atoms with Crippen LogP contribution in [0.5, 0.6) is 0 Å². The van der Waals surface area contributed by atoms with Crippen molar-refractivity contribution in [2.75, 3.05) is 5.75 Å². The van der Waals surface area contributed by atoms with E-state index >= 15 is 0 Å². The van der Waals surface area contributed by atoms with Crippen molar-refractivity contribution in [3.63, 3.8) is 0 Å². The standard InChI is InChI=1S/C17H22N4O2S.ClH/c1-11-5-3-4-6-14(11)18-17-20-19-15(10-24-17)13-8-7-12(2)16(9-13)21(22)23;/h7-9,11,14H,3-6,10H2,1-2H3,(H,18,20);1H. The number of hydrazone groups is 1. The summed E-state index contributed by atoms with van der Waals surface area (Å²) < 4.78 is 0. The summed E-state index contributed by atoms with van der Waals surface area (Å²) in [5.41, 5.74) is 5.43. The van der Waals surface area contributed by atoms with Gasteiger partial charge in [-0.25, -0.2) is 0 Å². The largest absolute Gasteiger partial charge is 0.272 e. The van der Waals surface area contributed by atoms with Crippen LogP contribution in [0.1, 0.15) is 43.7 Å². The Morgan fingerprint density at radius 1 is 1.36 bits per heavy atom. The van der Waals surface area contributed by atoms with Gasteiger partial charge in [0, 0.05) is 22.9 Å². The van der Waals surface area contributed by atoms with Crippen LogP contribution in [0, 0.1) is 23.0 Å². The van der Waals surface area contributed by atoms with Crippen LogP contribution in [0.4, 0.5) is 5.69 Å². The molecule has 0 amide bonds. The van der Waals surface area contributed by atoms with E-state index in [9.17, 15) is 10.1 Å². The molecule has 0 bridgehead atoms. The van der Waals surface area contributed by atoms with Crippen LogP contribution in [-0.2, 0) is 0 Å². The maximum absolute atomic E-state index is 11.1. The van der Waals surface area contributed by atoms with Gasteiger partial charge in [-0.15, -0.1) is 12.4 Å². The number of thioether (sulfide) groups is 1. The Labute approximate surface area is 158 Å². The van der Waals surface area contributed by atoms with Crippen molar-refractivity contribution in [2.45, 2.75) is 45.6 Å². The molecule has 136 valence electrons. The van der Waals surface area contributed by atoms with E-state index in [2.05, 4.69) is 17.5 Å². The number of nitrogens with one attached hydrogen (secondary N) is 1. The minimum atomic E-state index is -0.347. The molecular weight excluding hydrogens is 360 g/mol. The first-order valence-corrected chi connectivity index (χ1v) is 9.31. The van der Waals surface area contributed by atoms with E-state index in [-0.39, 0.29) is 23.0 Å². The SMILES string of the molecule is Cc1ccc(C2=NNC(=NC3CCCCC3C)SC2)cc1[N+](=O)[O-].Cl. The number of halogens is 1. The van der Waals surface area contributed by atoms with Gasteiger partial charge < -0.3 is 0 Å². The number of aliphatic imine (C=N–C) groups is 1. The van der Waals surface area contributed by atoms with Crippen molar-refractivity contribution in [3.05, 3.63) is 39.4 Å². The fourth-order valence-electron chi connectivity index (χ4n) is 3.16. The topological polar surface area (TPSA) is 79.9 Å². The summed E-state index contributed by atoms with van der Waals surface area (Å²) in [6, 6.07) is 5.63. The van der Waals surface area contributed by atoms with Gasteiger partial charge in [0.1, 0.15) is 0 Å². The molecule has 0 spiro atoms. The molecule has 1 fully saturated rings. The van der Waals surface area contributed by atoms with Crippen molar-refractivity contribution >= 4 is 40.7 Å². The van der Waals surface area contributed by atoms with E-state index in [1.807, 2.05) is 6.07 Å². The van der Waals surface area contributed by atoms with Crippen LogP contribution in [0.2, 0.25) is 0 Å². The molecule has 0 aromatic heterocycles. The molecule has 1 aromatic carbocycles. The van der Waals surface area contributed by atoms with Crippen molar-refractivity contribution in [1.82, 2.24) is 5.43 Å². The maximum atomic E-state index is 11.1. The van der Waals surface area contributed by atoms with E-state index in [1.54, 1.807) is 30.8 Å². The van der Waals surface area contributed by atoms with Gasteiger partial charge in [0.05, 0.1) is 16.7 Å². The summed E-state index contributed by atoms with van der Waals surface area (Å²) in [5.74, 6) is 1.30. The number of aryl methyl sites for hydroxylation is 1. The molecule has 1 aromatic rings. The number of nitrogens with zero attached hydrogens (tertiary/aromatic N) is 3.